The van der Waals surface area contributed by atoms with E-state index < -0.39 is 16.1 Å². The first-order valence-corrected chi connectivity index (χ1v) is 10.9. The van der Waals surface area contributed by atoms with Crippen molar-refractivity contribution in [2.75, 3.05) is 0 Å². The van der Waals surface area contributed by atoms with E-state index in [0.29, 0.717) is 10.7 Å². The predicted octanol–water partition coefficient (Wildman–Crippen LogP) is 4.04. The lowest BCUT2D eigenvalue weighted by molar-refractivity contribution is 0.311. The zero-order valence-electron chi connectivity index (χ0n) is 17.5. The Bertz CT molecular complexity index is 1100. The zero-order chi connectivity index (χ0) is 21.3. The molecular formula is C21H26N4O3S. The van der Waals surface area contributed by atoms with Crippen molar-refractivity contribution in [3.63, 3.8) is 0 Å². The van der Waals surface area contributed by atoms with E-state index in [1.807, 2.05) is 47.6 Å². The molecule has 0 spiro atoms. The quantitative estimate of drug-likeness (QED) is 0.654. The van der Waals surface area contributed by atoms with Crippen LogP contribution >= 0.6 is 0 Å². The Morgan fingerprint density at radius 1 is 1.00 bits per heavy atom. The number of nitrogens with zero attached hydrogens (tertiary/aromatic N) is 3. The number of hydrogen-bond acceptors (Lipinski definition) is 6. The van der Waals surface area contributed by atoms with Crippen molar-refractivity contribution in [3.05, 3.63) is 58.7 Å². The highest BCUT2D eigenvalue weighted by Crippen LogP contribution is 2.30. The number of rotatable bonds is 6. The molecular weight excluding hydrogens is 388 g/mol. The maximum absolute atomic E-state index is 13.3. The van der Waals surface area contributed by atoms with Crippen molar-refractivity contribution >= 4 is 10.0 Å². The van der Waals surface area contributed by atoms with Crippen LogP contribution in [0.2, 0.25) is 0 Å². The van der Waals surface area contributed by atoms with Crippen molar-refractivity contribution in [2.45, 2.75) is 52.5 Å². The lowest BCUT2D eigenvalue weighted by Gasteiger charge is -2.21. The molecule has 2 heterocycles. The van der Waals surface area contributed by atoms with E-state index in [-0.39, 0.29) is 11.8 Å². The van der Waals surface area contributed by atoms with E-state index in [1.165, 1.54) is 0 Å². The summed E-state index contributed by atoms with van der Waals surface area (Å²) in [5.41, 5.74) is 4.11. The molecule has 0 aliphatic carbocycles. The molecule has 1 unspecified atom stereocenters. The summed E-state index contributed by atoms with van der Waals surface area (Å²) in [6, 6.07) is 4.89. The fourth-order valence-electron chi connectivity index (χ4n) is 3.26. The summed E-state index contributed by atoms with van der Waals surface area (Å²) < 4.78 is 34.9. The number of hydrogen-bond donors (Lipinski definition) is 1. The van der Waals surface area contributed by atoms with E-state index >= 15 is 0 Å². The molecule has 2 aromatic heterocycles. The SMILES string of the molecule is Cc1cc(C)c(C)c(S(=O)(=O)NC(c2nc(-c3ccncc3)no2)C(C)C)c1C. The Kier molecular flexibility index (Phi) is 5.86. The van der Waals surface area contributed by atoms with E-state index in [9.17, 15) is 8.42 Å². The molecule has 0 fully saturated rings. The minimum atomic E-state index is -3.80. The Morgan fingerprint density at radius 2 is 1.59 bits per heavy atom. The summed E-state index contributed by atoms with van der Waals surface area (Å²) in [5.74, 6) is 0.531. The largest absolute Gasteiger partial charge is 0.337 e. The lowest BCUT2D eigenvalue weighted by atomic mass is 10.0. The van der Waals surface area contributed by atoms with Gasteiger partial charge in [0.25, 0.3) is 0 Å². The molecule has 0 amide bonds. The molecule has 1 atom stereocenters. The number of aryl methyl sites for hydroxylation is 2. The number of aromatic nitrogens is 3. The van der Waals surface area contributed by atoms with Crippen LogP contribution in [0.4, 0.5) is 0 Å². The van der Waals surface area contributed by atoms with Gasteiger partial charge in [0.05, 0.1) is 4.90 Å². The summed E-state index contributed by atoms with van der Waals surface area (Å²) in [7, 11) is -3.80. The second-order valence-electron chi connectivity index (χ2n) is 7.62. The first-order valence-electron chi connectivity index (χ1n) is 9.45. The molecule has 29 heavy (non-hydrogen) atoms. The third kappa shape index (κ3) is 4.23. The number of sulfonamides is 1. The minimum Gasteiger partial charge on any atom is -0.337 e. The molecule has 154 valence electrons. The standard InChI is InChI=1S/C21H26N4O3S/c1-12(2)18(21-23-20(24-28-21)17-7-9-22-10-8-17)25-29(26,27)19-15(5)13(3)11-14(4)16(19)6/h7-12,18,25H,1-6H3. The Hall–Kier alpha value is -2.58. The van der Waals surface area contributed by atoms with E-state index in [1.54, 1.807) is 24.5 Å². The normalized spacial score (nSPS) is 13.1. The van der Waals surface area contributed by atoms with Gasteiger partial charge in [-0.25, -0.2) is 8.42 Å². The van der Waals surface area contributed by atoms with Crippen LogP contribution in [0.3, 0.4) is 0 Å². The average Bonchev–Trinajstić information content (AvgIpc) is 3.15. The van der Waals surface area contributed by atoms with Crippen molar-refractivity contribution in [1.82, 2.24) is 19.8 Å². The molecule has 0 saturated carbocycles. The second-order valence-corrected chi connectivity index (χ2v) is 9.28. The molecule has 8 heteroatoms. The Morgan fingerprint density at radius 3 is 2.14 bits per heavy atom. The maximum atomic E-state index is 13.3. The van der Waals surface area contributed by atoms with Crippen LogP contribution in [-0.2, 0) is 10.0 Å². The van der Waals surface area contributed by atoms with Crippen LogP contribution in [0.25, 0.3) is 11.4 Å². The lowest BCUT2D eigenvalue weighted by Crippen LogP contribution is -2.33. The number of pyridine rings is 1. The van der Waals surface area contributed by atoms with Crippen molar-refractivity contribution in [3.8, 4) is 11.4 Å². The summed E-state index contributed by atoms with van der Waals surface area (Å²) in [4.78, 5) is 8.72. The fourth-order valence-corrected chi connectivity index (χ4v) is 5.21. The van der Waals surface area contributed by atoms with E-state index in [4.69, 9.17) is 4.52 Å². The van der Waals surface area contributed by atoms with Gasteiger partial charge >= 0.3 is 0 Å². The van der Waals surface area contributed by atoms with Gasteiger partial charge in [-0.15, -0.1) is 0 Å². The Balaban J connectivity index is 2.00. The molecule has 3 rings (SSSR count). The summed E-state index contributed by atoms with van der Waals surface area (Å²) in [6.07, 6.45) is 3.28. The summed E-state index contributed by atoms with van der Waals surface area (Å²) in [5, 5.41) is 4.01. The zero-order valence-corrected chi connectivity index (χ0v) is 18.3. The van der Waals surface area contributed by atoms with Crippen LogP contribution in [0.5, 0.6) is 0 Å². The highest BCUT2D eigenvalue weighted by Gasteiger charge is 2.31. The molecule has 3 aromatic rings. The van der Waals surface area contributed by atoms with Crippen LogP contribution in [0, 0.1) is 33.6 Å². The van der Waals surface area contributed by atoms with Gasteiger partial charge in [-0.05, 0) is 68.0 Å². The van der Waals surface area contributed by atoms with Gasteiger partial charge in [-0.2, -0.15) is 9.71 Å². The summed E-state index contributed by atoms with van der Waals surface area (Å²) >= 11 is 0. The second kappa shape index (κ2) is 8.04. The van der Waals surface area contributed by atoms with Crippen LogP contribution in [0.1, 0.15) is 48.0 Å². The van der Waals surface area contributed by atoms with Gasteiger partial charge < -0.3 is 4.52 Å². The first-order chi connectivity index (χ1) is 13.6. The third-order valence-electron chi connectivity index (χ3n) is 5.16. The van der Waals surface area contributed by atoms with Gasteiger partial charge in [0.15, 0.2) is 0 Å². The van der Waals surface area contributed by atoms with Gasteiger partial charge in [0.1, 0.15) is 6.04 Å². The molecule has 1 N–H and O–H groups in total. The summed E-state index contributed by atoms with van der Waals surface area (Å²) in [6.45, 7) is 11.3. The molecule has 1 aromatic carbocycles. The molecule has 0 aliphatic heterocycles. The van der Waals surface area contributed by atoms with Crippen molar-refractivity contribution in [1.29, 1.82) is 0 Å². The average molecular weight is 415 g/mol. The predicted molar refractivity (Wildman–Crippen MR) is 111 cm³/mol. The molecule has 0 aliphatic rings. The number of benzene rings is 1. The van der Waals surface area contributed by atoms with Gasteiger partial charge in [-0.3, -0.25) is 4.98 Å². The van der Waals surface area contributed by atoms with E-state index in [2.05, 4.69) is 19.8 Å². The van der Waals surface area contributed by atoms with Crippen LogP contribution < -0.4 is 4.72 Å². The number of nitrogens with one attached hydrogen (secondary N) is 1. The maximum Gasteiger partial charge on any atom is 0.245 e. The van der Waals surface area contributed by atoms with Gasteiger partial charge in [-0.1, -0.05) is 25.1 Å². The first kappa shape index (κ1) is 21.1. The van der Waals surface area contributed by atoms with Crippen molar-refractivity contribution in [2.24, 2.45) is 5.92 Å². The van der Waals surface area contributed by atoms with Crippen LogP contribution in [0.15, 0.2) is 40.0 Å². The van der Waals surface area contributed by atoms with Gasteiger partial charge in [0, 0.05) is 18.0 Å². The molecule has 0 saturated heterocycles. The molecule has 0 bridgehead atoms. The van der Waals surface area contributed by atoms with Gasteiger partial charge in [0.2, 0.25) is 21.7 Å². The molecule has 0 radical (unpaired) electrons. The highest BCUT2D eigenvalue weighted by molar-refractivity contribution is 7.89. The van der Waals surface area contributed by atoms with Crippen LogP contribution in [-0.4, -0.2) is 23.5 Å². The Labute approximate surface area is 171 Å². The topological polar surface area (TPSA) is 98.0 Å². The highest BCUT2D eigenvalue weighted by atomic mass is 32.2. The monoisotopic (exact) mass is 414 g/mol. The molecule has 7 nitrogen and oxygen atoms in total. The van der Waals surface area contributed by atoms with Crippen molar-refractivity contribution < 1.29 is 12.9 Å². The minimum absolute atomic E-state index is 0.0953. The smallest absolute Gasteiger partial charge is 0.245 e. The van der Waals surface area contributed by atoms with E-state index in [0.717, 1.165) is 27.8 Å². The fraction of sp³-hybridized carbons (Fsp3) is 0.381. The third-order valence-corrected chi connectivity index (χ3v) is 6.88.